The highest BCUT2D eigenvalue weighted by atomic mass is 35.5. The quantitative estimate of drug-likeness (QED) is 0.692. The van der Waals surface area contributed by atoms with Crippen molar-refractivity contribution in [1.82, 2.24) is 0 Å². The molecule has 0 aliphatic heterocycles. The molecule has 0 heterocycles. The Morgan fingerprint density at radius 1 is 1.31 bits per heavy atom. The third kappa shape index (κ3) is 3.85. The molecule has 0 saturated heterocycles. The van der Waals surface area contributed by atoms with Crippen molar-refractivity contribution in [1.29, 1.82) is 0 Å². The molecule has 1 aromatic carbocycles. The summed E-state index contributed by atoms with van der Waals surface area (Å²) < 4.78 is 49.9. The number of hydrogen-bond donors (Lipinski definition) is 0. The molecule has 5 heteroatoms. The summed E-state index contributed by atoms with van der Waals surface area (Å²) in [4.78, 5) is 0. The van der Waals surface area contributed by atoms with Crippen LogP contribution in [-0.4, -0.2) is 0 Å². The van der Waals surface area contributed by atoms with E-state index >= 15 is 0 Å². The van der Waals surface area contributed by atoms with Crippen molar-refractivity contribution in [2.45, 2.75) is 12.6 Å². The van der Waals surface area contributed by atoms with Crippen LogP contribution in [-0.2, 0) is 6.18 Å². The second-order valence-corrected chi connectivity index (χ2v) is 3.73. The summed E-state index contributed by atoms with van der Waals surface area (Å²) in [5.41, 5.74) is -0.881. The fourth-order valence-electron chi connectivity index (χ4n) is 1.12. The van der Waals surface area contributed by atoms with Gasteiger partial charge in [-0.25, -0.2) is 4.39 Å². The number of hydrogen-bond acceptors (Lipinski definition) is 0. The van der Waals surface area contributed by atoms with E-state index in [0.29, 0.717) is 6.07 Å². The van der Waals surface area contributed by atoms with Gasteiger partial charge in [0.15, 0.2) is 0 Å². The third-order valence-electron chi connectivity index (χ3n) is 1.81. The second kappa shape index (κ2) is 4.87. The van der Waals surface area contributed by atoms with Gasteiger partial charge in [0.25, 0.3) is 0 Å². The van der Waals surface area contributed by atoms with Crippen molar-refractivity contribution >= 4 is 11.6 Å². The first-order valence-corrected chi connectivity index (χ1v) is 4.71. The highest BCUT2D eigenvalue weighted by molar-refractivity contribution is 6.29. The number of rotatable bonds is 3. The molecule has 0 saturated carbocycles. The Bertz CT molecular complexity index is 395. The molecule has 1 radical (unpaired) electrons. The average Bonchev–Trinajstić information content (AvgIpc) is 2.12. The molecule has 0 atom stereocenters. The van der Waals surface area contributed by atoms with Gasteiger partial charge in [0.2, 0.25) is 0 Å². The van der Waals surface area contributed by atoms with Crippen molar-refractivity contribution in [2.24, 2.45) is 0 Å². The molecule has 0 fully saturated rings. The van der Waals surface area contributed by atoms with Crippen LogP contribution in [0.15, 0.2) is 29.8 Å². The Kier molecular flexibility index (Phi) is 3.97. The van der Waals surface area contributed by atoms with E-state index in [1.165, 1.54) is 6.42 Å². The fraction of sp³-hybridized carbons (Fsp3) is 0.182. The van der Waals surface area contributed by atoms with Gasteiger partial charge < -0.3 is 0 Å². The summed E-state index contributed by atoms with van der Waals surface area (Å²) in [6, 6.07) is 2.32. The maximum atomic E-state index is 12.9. The topological polar surface area (TPSA) is 0 Å². The van der Waals surface area contributed by atoms with Crippen LogP contribution in [0.4, 0.5) is 17.6 Å². The van der Waals surface area contributed by atoms with Crippen LogP contribution in [0.5, 0.6) is 0 Å². The van der Waals surface area contributed by atoms with Gasteiger partial charge in [0.05, 0.1) is 5.56 Å². The van der Waals surface area contributed by atoms with Crippen molar-refractivity contribution in [3.05, 3.63) is 53.2 Å². The summed E-state index contributed by atoms with van der Waals surface area (Å²) in [5.74, 6) is -0.929. The summed E-state index contributed by atoms with van der Waals surface area (Å²) in [7, 11) is 0. The lowest BCUT2D eigenvalue weighted by Crippen LogP contribution is -2.06. The van der Waals surface area contributed by atoms with Crippen LogP contribution in [0, 0.1) is 12.2 Å². The number of benzene rings is 1. The zero-order chi connectivity index (χ0) is 12.3. The molecular formula is C11H8ClF4. The first-order valence-electron chi connectivity index (χ1n) is 4.33. The first-order chi connectivity index (χ1) is 7.29. The van der Waals surface area contributed by atoms with Gasteiger partial charge in [-0.3, -0.25) is 0 Å². The molecule has 1 rings (SSSR count). The average molecular weight is 252 g/mol. The minimum atomic E-state index is -4.55. The van der Waals surface area contributed by atoms with E-state index in [-0.39, 0.29) is 17.0 Å². The van der Waals surface area contributed by atoms with Gasteiger partial charge in [0.1, 0.15) is 5.82 Å². The molecule has 0 unspecified atom stereocenters. The Balaban J connectivity index is 2.94. The molecule has 0 aromatic heterocycles. The van der Waals surface area contributed by atoms with E-state index in [4.69, 9.17) is 11.6 Å². The van der Waals surface area contributed by atoms with E-state index in [1.807, 2.05) is 0 Å². The second-order valence-electron chi connectivity index (χ2n) is 3.20. The van der Waals surface area contributed by atoms with Gasteiger partial charge in [-0.05, 0) is 36.6 Å². The van der Waals surface area contributed by atoms with Gasteiger partial charge in [-0.1, -0.05) is 18.2 Å². The van der Waals surface area contributed by atoms with Crippen LogP contribution < -0.4 is 0 Å². The smallest absolute Gasteiger partial charge is 0.207 e. The lowest BCUT2D eigenvalue weighted by molar-refractivity contribution is -0.137. The highest BCUT2D eigenvalue weighted by Gasteiger charge is 2.31. The van der Waals surface area contributed by atoms with E-state index in [0.717, 1.165) is 12.1 Å². The SMILES string of the molecule is C=C(Cl)C[CH]c1cc(F)cc(C(F)(F)F)c1. The maximum absolute atomic E-state index is 12.9. The van der Waals surface area contributed by atoms with Crippen molar-refractivity contribution in [2.75, 3.05) is 0 Å². The Labute approximate surface area is 95.5 Å². The molecule has 0 spiro atoms. The number of allylic oxidation sites excluding steroid dienone is 1. The van der Waals surface area contributed by atoms with Crippen LogP contribution in [0.2, 0.25) is 0 Å². The monoisotopic (exact) mass is 251 g/mol. The predicted molar refractivity (Wildman–Crippen MR) is 54.4 cm³/mol. The van der Waals surface area contributed by atoms with Gasteiger partial charge in [-0.2, -0.15) is 13.2 Å². The zero-order valence-corrected chi connectivity index (χ0v) is 8.87. The van der Waals surface area contributed by atoms with Gasteiger partial charge >= 0.3 is 6.18 Å². The predicted octanol–water partition coefficient (Wildman–Crippen LogP) is 4.54. The molecule has 0 N–H and O–H groups in total. The molecule has 1 aromatic rings. The van der Waals surface area contributed by atoms with Crippen LogP contribution in [0.25, 0.3) is 0 Å². The highest BCUT2D eigenvalue weighted by Crippen LogP contribution is 2.31. The van der Waals surface area contributed by atoms with Crippen LogP contribution in [0.3, 0.4) is 0 Å². The summed E-state index contributed by atoms with van der Waals surface area (Å²) in [6.45, 7) is 3.38. The van der Waals surface area contributed by atoms with Crippen LogP contribution in [0.1, 0.15) is 17.5 Å². The van der Waals surface area contributed by atoms with Crippen molar-refractivity contribution < 1.29 is 17.6 Å². The van der Waals surface area contributed by atoms with E-state index in [2.05, 4.69) is 6.58 Å². The van der Waals surface area contributed by atoms with E-state index in [1.54, 1.807) is 0 Å². The normalized spacial score (nSPS) is 11.6. The molecule has 0 bridgehead atoms. The van der Waals surface area contributed by atoms with Crippen molar-refractivity contribution in [3.63, 3.8) is 0 Å². The summed E-state index contributed by atoms with van der Waals surface area (Å²) >= 11 is 5.46. The standard InChI is InChI=1S/C11H8ClF4/c1-7(12)2-3-8-4-9(11(14,15)16)6-10(13)5-8/h3-6H,1-2H2. The van der Waals surface area contributed by atoms with E-state index in [9.17, 15) is 17.6 Å². The molecule has 0 aliphatic carbocycles. The lowest BCUT2D eigenvalue weighted by Gasteiger charge is -2.09. The molecule has 16 heavy (non-hydrogen) atoms. The Hall–Kier alpha value is -1.03. The largest absolute Gasteiger partial charge is 0.416 e. The Morgan fingerprint density at radius 2 is 1.94 bits per heavy atom. The Morgan fingerprint density at radius 3 is 2.44 bits per heavy atom. The number of halogens is 5. The van der Waals surface area contributed by atoms with E-state index < -0.39 is 17.6 Å². The van der Waals surface area contributed by atoms with Gasteiger partial charge in [0, 0.05) is 5.03 Å². The van der Waals surface area contributed by atoms with Gasteiger partial charge in [-0.15, -0.1) is 0 Å². The third-order valence-corrected chi connectivity index (χ3v) is 1.96. The lowest BCUT2D eigenvalue weighted by atomic mass is 10.1. The van der Waals surface area contributed by atoms with Crippen molar-refractivity contribution in [3.8, 4) is 0 Å². The molecule has 0 nitrogen and oxygen atoms in total. The summed E-state index contributed by atoms with van der Waals surface area (Å²) in [5, 5.41) is 0.276. The molecular weight excluding hydrogens is 244 g/mol. The number of alkyl halides is 3. The minimum Gasteiger partial charge on any atom is -0.207 e. The summed E-state index contributed by atoms with van der Waals surface area (Å²) in [6.07, 6.45) is -2.97. The fourth-order valence-corrected chi connectivity index (χ4v) is 1.20. The molecule has 87 valence electrons. The molecule has 0 amide bonds. The first kappa shape index (κ1) is 13.0. The maximum Gasteiger partial charge on any atom is 0.416 e. The van der Waals surface area contributed by atoms with Crippen LogP contribution >= 0.6 is 11.6 Å². The molecule has 0 aliphatic rings. The minimum absolute atomic E-state index is 0.133. The zero-order valence-electron chi connectivity index (χ0n) is 8.11.